The molecule has 0 saturated heterocycles. The second-order valence-corrected chi connectivity index (χ2v) is 7.19. The van der Waals surface area contributed by atoms with E-state index >= 15 is 0 Å². The number of carbonyl (C=O) groups is 1. The summed E-state index contributed by atoms with van der Waals surface area (Å²) in [7, 11) is 0. The molecule has 1 aromatic carbocycles. The molecule has 0 spiro atoms. The van der Waals surface area contributed by atoms with Crippen molar-refractivity contribution in [2.45, 2.75) is 78.2 Å². The van der Waals surface area contributed by atoms with E-state index in [-0.39, 0.29) is 17.5 Å². The van der Waals surface area contributed by atoms with Crippen molar-refractivity contribution in [1.29, 1.82) is 5.26 Å². The molecule has 3 nitrogen and oxygen atoms in total. The van der Waals surface area contributed by atoms with Crippen molar-refractivity contribution < 1.29 is 9.53 Å². The zero-order valence-electron chi connectivity index (χ0n) is 15.1. The minimum atomic E-state index is -0.303. The Bertz CT molecular complexity index is 564. The third-order valence-corrected chi connectivity index (χ3v) is 3.96. The Hall–Kier alpha value is -1.82. The van der Waals surface area contributed by atoms with Crippen molar-refractivity contribution in [2.24, 2.45) is 0 Å². The lowest BCUT2D eigenvalue weighted by molar-refractivity contribution is 0.0319. The van der Waals surface area contributed by atoms with E-state index in [9.17, 15) is 10.1 Å². The van der Waals surface area contributed by atoms with Crippen LogP contribution in [-0.2, 0) is 10.2 Å². The zero-order valence-corrected chi connectivity index (χ0v) is 15.1. The monoisotopic (exact) mass is 315 g/mol. The van der Waals surface area contributed by atoms with E-state index in [2.05, 4.69) is 13.0 Å². The Kier molecular flexibility index (Phi) is 7.29. The summed E-state index contributed by atoms with van der Waals surface area (Å²) in [6, 6.07) is 7.38. The molecular formula is C20H29NO2. The van der Waals surface area contributed by atoms with Gasteiger partial charge in [-0.05, 0) is 48.9 Å². The van der Waals surface area contributed by atoms with Crippen LogP contribution in [0.25, 0.3) is 0 Å². The van der Waals surface area contributed by atoms with Gasteiger partial charge in [0, 0.05) is 0 Å². The van der Waals surface area contributed by atoms with Gasteiger partial charge >= 0.3 is 5.97 Å². The molecule has 126 valence electrons. The first-order chi connectivity index (χ1) is 10.8. The van der Waals surface area contributed by atoms with Crippen LogP contribution >= 0.6 is 0 Å². The van der Waals surface area contributed by atoms with Gasteiger partial charge in [-0.2, -0.15) is 5.26 Å². The van der Waals surface area contributed by atoms with Gasteiger partial charge in [-0.3, -0.25) is 0 Å². The Balaban J connectivity index is 2.75. The maximum absolute atomic E-state index is 12.3. The van der Waals surface area contributed by atoms with Crippen LogP contribution in [-0.4, -0.2) is 12.1 Å². The fraction of sp³-hybridized carbons (Fsp3) is 0.600. The summed E-state index contributed by atoms with van der Waals surface area (Å²) in [6.07, 6.45) is 5.52. The maximum Gasteiger partial charge on any atom is 0.338 e. The number of benzene rings is 1. The van der Waals surface area contributed by atoms with Gasteiger partial charge < -0.3 is 4.74 Å². The molecule has 0 aromatic heterocycles. The Labute approximate surface area is 140 Å². The van der Waals surface area contributed by atoms with Gasteiger partial charge in [-0.15, -0.1) is 0 Å². The Morgan fingerprint density at radius 1 is 1.26 bits per heavy atom. The van der Waals surface area contributed by atoms with E-state index in [0.29, 0.717) is 11.1 Å². The van der Waals surface area contributed by atoms with Crippen molar-refractivity contribution in [1.82, 2.24) is 0 Å². The SMILES string of the molecule is CCCCCC[C@H](C)OC(=O)c1ccc(C#N)c(C(C)(C)C)c1. The van der Waals surface area contributed by atoms with Gasteiger partial charge in [0.05, 0.1) is 23.3 Å². The fourth-order valence-electron chi connectivity index (χ4n) is 2.56. The van der Waals surface area contributed by atoms with Crippen molar-refractivity contribution in [3.63, 3.8) is 0 Å². The van der Waals surface area contributed by atoms with E-state index in [1.807, 2.05) is 27.7 Å². The summed E-state index contributed by atoms with van der Waals surface area (Å²) >= 11 is 0. The van der Waals surface area contributed by atoms with Crippen LogP contribution in [0.4, 0.5) is 0 Å². The molecule has 0 radical (unpaired) electrons. The number of nitrogens with zero attached hydrogens (tertiary/aromatic N) is 1. The number of hydrogen-bond donors (Lipinski definition) is 0. The molecule has 1 rings (SSSR count). The largest absolute Gasteiger partial charge is 0.459 e. The number of carbonyl (C=O) groups excluding carboxylic acids is 1. The van der Waals surface area contributed by atoms with Crippen LogP contribution in [0.3, 0.4) is 0 Å². The molecule has 0 bridgehead atoms. The third-order valence-electron chi connectivity index (χ3n) is 3.96. The highest BCUT2D eigenvalue weighted by molar-refractivity contribution is 5.90. The van der Waals surface area contributed by atoms with Crippen molar-refractivity contribution in [3.8, 4) is 6.07 Å². The zero-order chi connectivity index (χ0) is 17.5. The highest BCUT2D eigenvalue weighted by Gasteiger charge is 2.21. The van der Waals surface area contributed by atoms with Gasteiger partial charge in [0.25, 0.3) is 0 Å². The second kappa shape index (κ2) is 8.72. The predicted molar refractivity (Wildman–Crippen MR) is 93.5 cm³/mol. The van der Waals surface area contributed by atoms with Crippen LogP contribution in [0.15, 0.2) is 18.2 Å². The van der Waals surface area contributed by atoms with E-state index in [1.54, 1.807) is 18.2 Å². The first kappa shape index (κ1) is 19.2. The summed E-state index contributed by atoms with van der Waals surface area (Å²) < 4.78 is 5.54. The molecule has 0 saturated carbocycles. The van der Waals surface area contributed by atoms with Gasteiger partial charge in [-0.25, -0.2) is 4.79 Å². The van der Waals surface area contributed by atoms with Crippen LogP contribution in [0.1, 0.15) is 88.2 Å². The molecule has 1 aromatic rings. The molecular weight excluding hydrogens is 286 g/mol. The minimum absolute atomic E-state index is 0.0758. The lowest BCUT2D eigenvalue weighted by Gasteiger charge is -2.21. The highest BCUT2D eigenvalue weighted by Crippen LogP contribution is 2.27. The first-order valence-electron chi connectivity index (χ1n) is 8.55. The average molecular weight is 315 g/mol. The minimum Gasteiger partial charge on any atom is -0.459 e. The third kappa shape index (κ3) is 6.06. The van der Waals surface area contributed by atoms with Gasteiger partial charge in [0.2, 0.25) is 0 Å². The number of hydrogen-bond acceptors (Lipinski definition) is 3. The lowest BCUT2D eigenvalue weighted by Crippen LogP contribution is -2.18. The summed E-state index contributed by atoms with van der Waals surface area (Å²) in [5.41, 5.74) is 1.83. The van der Waals surface area contributed by atoms with E-state index in [4.69, 9.17) is 4.74 Å². The molecule has 0 N–H and O–H groups in total. The highest BCUT2D eigenvalue weighted by atomic mass is 16.5. The summed E-state index contributed by atoms with van der Waals surface area (Å²) in [6.45, 7) is 10.2. The number of esters is 1. The fourth-order valence-corrected chi connectivity index (χ4v) is 2.56. The van der Waals surface area contributed by atoms with E-state index in [1.165, 1.54) is 19.3 Å². The standard InChI is InChI=1S/C20H29NO2/c1-6-7-8-9-10-15(2)23-19(22)16-11-12-17(14-21)18(13-16)20(3,4)5/h11-13,15H,6-10H2,1-5H3/t15-/m0/s1. The predicted octanol–water partition coefficient (Wildman–Crippen LogP) is 5.37. The molecule has 0 fully saturated rings. The molecule has 0 aliphatic carbocycles. The maximum atomic E-state index is 12.3. The molecule has 1 atom stereocenters. The number of ether oxygens (including phenoxy) is 1. The lowest BCUT2D eigenvalue weighted by atomic mass is 9.83. The first-order valence-corrected chi connectivity index (χ1v) is 8.55. The van der Waals surface area contributed by atoms with E-state index < -0.39 is 0 Å². The van der Waals surface area contributed by atoms with Crippen LogP contribution < -0.4 is 0 Å². The molecule has 23 heavy (non-hydrogen) atoms. The van der Waals surface area contributed by atoms with Crippen molar-refractivity contribution in [3.05, 3.63) is 34.9 Å². The van der Waals surface area contributed by atoms with Crippen LogP contribution in [0.2, 0.25) is 0 Å². The van der Waals surface area contributed by atoms with Crippen LogP contribution in [0.5, 0.6) is 0 Å². The summed E-state index contributed by atoms with van der Waals surface area (Å²) in [5, 5.41) is 9.23. The Morgan fingerprint density at radius 2 is 1.96 bits per heavy atom. The second-order valence-electron chi connectivity index (χ2n) is 7.19. The van der Waals surface area contributed by atoms with E-state index in [0.717, 1.165) is 18.4 Å². The van der Waals surface area contributed by atoms with Gasteiger partial charge in [-0.1, -0.05) is 47.0 Å². The molecule has 0 amide bonds. The molecule has 3 heteroatoms. The normalized spacial score (nSPS) is 12.5. The molecule has 0 unspecified atom stereocenters. The quantitative estimate of drug-likeness (QED) is 0.502. The topological polar surface area (TPSA) is 50.1 Å². The van der Waals surface area contributed by atoms with Crippen molar-refractivity contribution >= 4 is 5.97 Å². The molecule has 0 aliphatic heterocycles. The summed E-state index contributed by atoms with van der Waals surface area (Å²) in [4.78, 5) is 12.3. The van der Waals surface area contributed by atoms with Crippen molar-refractivity contribution in [2.75, 3.05) is 0 Å². The number of nitriles is 1. The molecule has 0 aliphatic rings. The molecule has 0 heterocycles. The number of unbranched alkanes of at least 4 members (excludes halogenated alkanes) is 3. The van der Waals surface area contributed by atoms with Gasteiger partial charge in [0.15, 0.2) is 0 Å². The number of rotatable bonds is 7. The van der Waals surface area contributed by atoms with Crippen LogP contribution in [0, 0.1) is 11.3 Å². The smallest absolute Gasteiger partial charge is 0.338 e. The average Bonchev–Trinajstić information content (AvgIpc) is 2.50. The summed E-state index contributed by atoms with van der Waals surface area (Å²) in [5.74, 6) is -0.303. The van der Waals surface area contributed by atoms with Gasteiger partial charge in [0.1, 0.15) is 0 Å². The Morgan fingerprint density at radius 3 is 2.52 bits per heavy atom.